The van der Waals surface area contributed by atoms with Crippen molar-refractivity contribution in [3.05, 3.63) is 0 Å². The summed E-state index contributed by atoms with van der Waals surface area (Å²) in [5, 5.41) is 22.1. The summed E-state index contributed by atoms with van der Waals surface area (Å²) in [6, 6.07) is 0. The van der Waals surface area contributed by atoms with Gasteiger partial charge in [-0.25, -0.2) is 0 Å². The molecule has 1 saturated heterocycles. The Morgan fingerprint density at radius 3 is 2.42 bits per heavy atom. The lowest BCUT2D eigenvalue weighted by Gasteiger charge is -2.36. The van der Waals surface area contributed by atoms with Crippen molar-refractivity contribution < 1.29 is 19.8 Å². The van der Waals surface area contributed by atoms with Crippen LogP contribution in [-0.4, -0.2) is 59.4 Å². The number of nitrogens with two attached hydrogens (primary N) is 1. The predicted molar refractivity (Wildman–Crippen MR) is 67.7 cm³/mol. The van der Waals surface area contributed by atoms with Crippen molar-refractivity contribution >= 4 is 11.7 Å². The summed E-state index contributed by atoms with van der Waals surface area (Å²) in [5.74, 6) is -0.231. The third-order valence-corrected chi connectivity index (χ3v) is 4.06. The molecule has 1 aliphatic heterocycles. The number of aliphatic hydroxyl groups is 1. The fourth-order valence-corrected chi connectivity index (χ4v) is 2.59. The average Bonchev–Trinajstić information content (AvgIpc) is 3.18. The highest BCUT2D eigenvalue weighted by Gasteiger charge is 2.55. The highest BCUT2D eigenvalue weighted by atomic mass is 16.5. The van der Waals surface area contributed by atoms with Gasteiger partial charge in [0.2, 0.25) is 5.91 Å². The van der Waals surface area contributed by atoms with Crippen LogP contribution in [0, 0.1) is 5.41 Å². The summed E-state index contributed by atoms with van der Waals surface area (Å²) in [4.78, 5) is 13.8. The van der Waals surface area contributed by atoms with Crippen molar-refractivity contribution in [1.29, 1.82) is 0 Å². The number of nitrogens with zero attached hydrogens (tertiary/aromatic N) is 2. The first kappa shape index (κ1) is 14.1. The smallest absolute Gasteiger partial charge is 0.236 e. The first-order chi connectivity index (χ1) is 8.93. The normalized spacial score (nSPS) is 24.8. The summed E-state index contributed by atoms with van der Waals surface area (Å²) in [7, 11) is 1.64. The molecule has 0 unspecified atom stereocenters. The van der Waals surface area contributed by atoms with Gasteiger partial charge >= 0.3 is 0 Å². The van der Waals surface area contributed by atoms with Crippen molar-refractivity contribution in [1.82, 2.24) is 4.90 Å². The average molecular weight is 271 g/mol. The lowest BCUT2D eigenvalue weighted by atomic mass is 9.93. The van der Waals surface area contributed by atoms with E-state index in [9.17, 15) is 9.90 Å². The monoisotopic (exact) mass is 271 g/mol. The number of hydrogen-bond donors (Lipinski definition) is 3. The number of likely N-dealkylation sites (N-methyl/N-ethyl adjacent to an activating group) is 1. The molecule has 0 spiro atoms. The molecule has 7 nitrogen and oxygen atoms in total. The Morgan fingerprint density at radius 2 is 1.95 bits per heavy atom. The van der Waals surface area contributed by atoms with Gasteiger partial charge in [0.05, 0.1) is 5.60 Å². The van der Waals surface area contributed by atoms with E-state index < -0.39 is 11.0 Å². The van der Waals surface area contributed by atoms with Crippen molar-refractivity contribution in [2.24, 2.45) is 16.3 Å². The number of ether oxygens (including phenoxy) is 1. The highest BCUT2D eigenvalue weighted by Crippen LogP contribution is 2.47. The van der Waals surface area contributed by atoms with E-state index in [0.717, 1.165) is 0 Å². The SMILES string of the molecule is CN(CC1(O)CCOCC1)C(=O)C1(C(N)=NO)CC1. The molecule has 2 aliphatic rings. The second kappa shape index (κ2) is 4.97. The molecular weight excluding hydrogens is 250 g/mol. The molecule has 0 aromatic heterocycles. The van der Waals surface area contributed by atoms with E-state index in [2.05, 4.69) is 5.16 Å². The van der Waals surface area contributed by atoms with E-state index in [0.29, 0.717) is 38.9 Å². The molecule has 0 bridgehead atoms. The largest absolute Gasteiger partial charge is 0.409 e. The Labute approximate surface area is 112 Å². The molecule has 0 aromatic rings. The van der Waals surface area contributed by atoms with E-state index in [-0.39, 0.29) is 18.3 Å². The van der Waals surface area contributed by atoms with Gasteiger partial charge in [-0.3, -0.25) is 4.79 Å². The minimum atomic E-state index is -0.899. The molecule has 1 saturated carbocycles. The van der Waals surface area contributed by atoms with Gasteiger partial charge in [-0.15, -0.1) is 0 Å². The highest BCUT2D eigenvalue weighted by molar-refractivity contribution is 6.09. The predicted octanol–water partition coefficient (Wildman–Crippen LogP) is -0.487. The second-order valence-electron chi connectivity index (χ2n) is 5.57. The molecule has 4 N–H and O–H groups in total. The van der Waals surface area contributed by atoms with E-state index in [4.69, 9.17) is 15.7 Å². The van der Waals surface area contributed by atoms with Crippen molar-refractivity contribution in [2.45, 2.75) is 31.3 Å². The zero-order valence-corrected chi connectivity index (χ0v) is 11.1. The van der Waals surface area contributed by atoms with Gasteiger partial charge in [0.1, 0.15) is 5.41 Å². The van der Waals surface area contributed by atoms with Crippen LogP contribution in [0.3, 0.4) is 0 Å². The molecule has 19 heavy (non-hydrogen) atoms. The number of rotatable bonds is 4. The van der Waals surface area contributed by atoms with Gasteiger partial charge in [0, 0.05) is 39.6 Å². The summed E-state index contributed by atoms with van der Waals surface area (Å²) < 4.78 is 5.21. The van der Waals surface area contributed by atoms with Crippen LogP contribution in [0.4, 0.5) is 0 Å². The molecular formula is C12H21N3O4. The van der Waals surface area contributed by atoms with Gasteiger partial charge in [0.15, 0.2) is 5.84 Å². The van der Waals surface area contributed by atoms with E-state index in [1.807, 2.05) is 0 Å². The Kier molecular flexibility index (Phi) is 3.69. The quantitative estimate of drug-likeness (QED) is 0.277. The molecule has 7 heteroatoms. The van der Waals surface area contributed by atoms with Crippen LogP contribution >= 0.6 is 0 Å². The van der Waals surface area contributed by atoms with Crippen LogP contribution in [0.2, 0.25) is 0 Å². The van der Waals surface area contributed by atoms with Crippen LogP contribution in [0.25, 0.3) is 0 Å². The molecule has 2 fully saturated rings. The van der Waals surface area contributed by atoms with Gasteiger partial charge in [-0.2, -0.15) is 0 Å². The first-order valence-corrected chi connectivity index (χ1v) is 6.47. The second-order valence-corrected chi connectivity index (χ2v) is 5.57. The third kappa shape index (κ3) is 2.66. The maximum Gasteiger partial charge on any atom is 0.236 e. The fraction of sp³-hybridized carbons (Fsp3) is 0.833. The van der Waals surface area contributed by atoms with Crippen LogP contribution in [-0.2, 0) is 9.53 Å². The topological polar surface area (TPSA) is 108 Å². The van der Waals surface area contributed by atoms with Crippen molar-refractivity contribution in [2.75, 3.05) is 26.8 Å². The van der Waals surface area contributed by atoms with Gasteiger partial charge in [0.25, 0.3) is 0 Å². The summed E-state index contributed by atoms with van der Waals surface area (Å²) in [5.41, 5.74) is 3.83. The number of hydrogen-bond acceptors (Lipinski definition) is 5. The fourth-order valence-electron chi connectivity index (χ4n) is 2.59. The maximum atomic E-state index is 12.4. The number of amidine groups is 1. The van der Waals surface area contributed by atoms with Crippen molar-refractivity contribution in [3.63, 3.8) is 0 Å². The van der Waals surface area contributed by atoms with Crippen LogP contribution in [0.15, 0.2) is 5.16 Å². The zero-order valence-electron chi connectivity index (χ0n) is 11.1. The summed E-state index contributed by atoms with van der Waals surface area (Å²) >= 11 is 0. The molecule has 1 amide bonds. The molecule has 2 rings (SSSR count). The first-order valence-electron chi connectivity index (χ1n) is 6.47. The Balaban J connectivity index is 2.00. The Hall–Kier alpha value is -1.34. The van der Waals surface area contributed by atoms with Crippen LogP contribution in [0.1, 0.15) is 25.7 Å². The molecule has 1 aliphatic carbocycles. The van der Waals surface area contributed by atoms with Gasteiger partial charge < -0.3 is 25.7 Å². The molecule has 108 valence electrons. The van der Waals surface area contributed by atoms with Gasteiger partial charge in [-0.05, 0) is 12.8 Å². The number of oxime groups is 1. The molecule has 0 aromatic carbocycles. The lowest BCUT2D eigenvalue weighted by Crippen LogP contribution is -2.50. The third-order valence-electron chi connectivity index (χ3n) is 4.06. The van der Waals surface area contributed by atoms with E-state index in [1.54, 1.807) is 7.05 Å². The Bertz CT molecular complexity index is 386. The van der Waals surface area contributed by atoms with E-state index >= 15 is 0 Å². The number of carbonyl (C=O) groups excluding carboxylic acids is 1. The molecule has 1 heterocycles. The standard InChI is InChI=1S/C12H21N3O4/c1-15(8-11(17)4-6-19-7-5-11)10(16)12(2-3-12)9(13)14-18/h17-18H,2-8H2,1H3,(H2,13,14). The minimum absolute atomic E-state index is 0.0386. The maximum absolute atomic E-state index is 12.4. The van der Waals surface area contributed by atoms with Crippen LogP contribution in [0.5, 0.6) is 0 Å². The zero-order chi connectivity index (χ0) is 14.1. The lowest BCUT2D eigenvalue weighted by molar-refractivity contribution is -0.140. The van der Waals surface area contributed by atoms with Crippen molar-refractivity contribution in [3.8, 4) is 0 Å². The Morgan fingerprint density at radius 1 is 1.37 bits per heavy atom. The molecule has 0 atom stereocenters. The van der Waals surface area contributed by atoms with Gasteiger partial charge in [-0.1, -0.05) is 5.16 Å². The summed E-state index contributed by atoms with van der Waals surface area (Å²) in [6.07, 6.45) is 2.21. The van der Waals surface area contributed by atoms with E-state index in [1.165, 1.54) is 4.90 Å². The van der Waals surface area contributed by atoms with Crippen LogP contribution < -0.4 is 5.73 Å². The minimum Gasteiger partial charge on any atom is -0.409 e. The molecule has 0 radical (unpaired) electrons. The number of amides is 1. The number of carbonyl (C=O) groups is 1. The summed E-state index contributed by atoms with van der Waals surface area (Å²) in [6.45, 7) is 1.25.